The molecule has 0 radical (unpaired) electrons. The quantitative estimate of drug-likeness (QED) is 0.173. The van der Waals surface area contributed by atoms with Crippen LogP contribution in [0.25, 0.3) is 6.08 Å². The van der Waals surface area contributed by atoms with E-state index in [4.69, 9.17) is 11.6 Å². The number of nitro benzene ring substituents is 1. The second kappa shape index (κ2) is 10.3. The first kappa shape index (κ1) is 22.5. The number of aromatic nitrogens is 3. The molecule has 0 spiro atoms. The first-order valence-corrected chi connectivity index (χ1v) is 10.3. The highest BCUT2D eigenvalue weighted by Gasteiger charge is 2.16. The number of nitrogens with one attached hydrogen (secondary N) is 1. The fraction of sp³-hybridized carbons (Fsp3) is 0. The van der Waals surface area contributed by atoms with Crippen LogP contribution in [-0.2, 0) is 0 Å². The number of nitrogens with zero attached hydrogens (tertiary/aromatic N) is 7. The van der Waals surface area contributed by atoms with Gasteiger partial charge in [-0.2, -0.15) is 20.0 Å². The molecule has 0 aliphatic heterocycles. The van der Waals surface area contributed by atoms with Gasteiger partial charge >= 0.3 is 0 Å². The molecule has 0 aliphatic rings. The average Bonchev–Trinajstić information content (AvgIpc) is 2.85. The Morgan fingerprint density at radius 2 is 1.76 bits per heavy atom. The molecule has 3 aromatic carbocycles. The largest absolute Gasteiger partial charge is 0.324 e. The Kier molecular flexibility index (Phi) is 6.80. The summed E-state index contributed by atoms with van der Waals surface area (Å²) in [5, 5.41) is 23.8. The number of para-hydroxylation sites is 1. The molecule has 34 heavy (non-hydrogen) atoms. The summed E-state index contributed by atoms with van der Waals surface area (Å²) < 4.78 is 0. The number of nitro groups is 1. The SMILES string of the molecule is C=Cc1cccc(Nc2nc(Cl)nc(N(N=Nc3ccc([N+](=O)[O-])cc3)c3ccccc3)n2)c1. The third-order valence-corrected chi connectivity index (χ3v) is 4.64. The Morgan fingerprint density at radius 3 is 2.47 bits per heavy atom. The topological polar surface area (TPSA) is 122 Å². The van der Waals surface area contributed by atoms with E-state index in [1.54, 1.807) is 18.2 Å². The lowest BCUT2D eigenvalue weighted by atomic mass is 10.2. The van der Waals surface area contributed by atoms with Crippen molar-refractivity contribution < 1.29 is 4.92 Å². The van der Waals surface area contributed by atoms with Gasteiger partial charge in [-0.25, -0.2) is 0 Å². The molecule has 0 bridgehead atoms. The molecule has 0 saturated heterocycles. The molecular weight excluding hydrogens is 456 g/mol. The van der Waals surface area contributed by atoms with Gasteiger partial charge in [-0.1, -0.05) is 48.2 Å². The van der Waals surface area contributed by atoms with Crippen LogP contribution in [0.5, 0.6) is 0 Å². The monoisotopic (exact) mass is 472 g/mol. The zero-order valence-corrected chi connectivity index (χ0v) is 18.4. The van der Waals surface area contributed by atoms with E-state index >= 15 is 0 Å². The van der Waals surface area contributed by atoms with E-state index in [-0.39, 0.29) is 22.9 Å². The summed E-state index contributed by atoms with van der Waals surface area (Å²) in [6, 6.07) is 22.3. The van der Waals surface area contributed by atoms with Crippen LogP contribution >= 0.6 is 11.6 Å². The van der Waals surface area contributed by atoms with Crippen molar-refractivity contribution in [2.45, 2.75) is 0 Å². The molecule has 0 aliphatic carbocycles. The highest BCUT2D eigenvalue weighted by atomic mass is 35.5. The predicted molar refractivity (Wildman–Crippen MR) is 131 cm³/mol. The summed E-state index contributed by atoms with van der Waals surface area (Å²) >= 11 is 6.19. The van der Waals surface area contributed by atoms with Crippen LogP contribution in [0.15, 0.2) is 95.8 Å². The number of non-ortho nitro benzene ring substituents is 1. The second-order valence-corrected chi connectivity index (χ2v) is 7.13. The summed E-state index contributed by atoms with van der Waals surface area (Å²) in [6.45, 7) is 3.77. The molecule has 0 saturated carbocycles. The van der Waals surface area contributed by atoms with Gasteiger partial charge in [0.25, 0.3) is 11.6 Å². The van der Waals surface area contributed by atoms with Crippen LogP contribution in [0.2, 0.25) is 5.28 Å². The summed E-state index contributed by atoms with van der Waals surface area (Å²) in [5.74, 6) is 0.335. The molecule has 10 nitrogen and oxygen atoms in total. The molecule has 4 aromatic rings. The van der Waals surface area contributed by atoms with Crippen LogP contribution in [-0.4, -0.2) is 19.9 Å². The first-order valence-electron chi connectivity index (χ1n) is 9.94. The van der Waals surface area contributed by atoms with E-state index in [0.29, 0.717) is 11.4 Å². The van der Waals surface area contributed by atoms with Crippen molar-refractivity contribution in [3.63, 3.8) is 0 Å². The number of rotatable bonds is 8. The number of anilines is 4. The van der Waals surface area contributed by atoms with E-state index in [9.17, 15) is 10.1 Å². The zero-order valence-electron chi connectivity index (χ0n) is 17.6. The Balaban J connectivity index is 1.68. The molecule has 0 amide bonds. The van der Waals surface area contributed by atoms with Crippen LogP contribution in [0, 0.1) is 10.1 Å². The van der Waals surface area contributed by atoms with E-state index in [1.165, 1.54) is 29.3 Å². The Labute approximate surface area is 199 Å². The summed E-state index contributed by atoms with van der Waals surface area (Å²) in [4.78, 5) is 23.2. The lowest BCUT2D eigenvalue weighted by Crippen LogP contribution is -2.13. The Bertz CT molecular complexity index is 1350. The zero-order chi connectivity index (χ0) is 23.9. The maximum absolute atomic E-state index is 10.9. The van der Waals surface area contributed by atoms with Gasteiger partial charge in [-0.05, 0) is 53.6 Å². The van der Waals surface area contributed by atoms with Gasteiger partial charge in [0.1, 0.15) is 0 Å². The fourth-order valence-electron chi connectivity index (χ4n) is 2.88. The van der Waals surface area contributed by atoms with Crippen LogP contribution < -0.4 is 10.3 Å². The van der Waals surface area contributed by atoms with Gasteiger partial charge in [0.15, 0.2) is 0 Å². The second-order valence-electron chi connectivity index (χ2n) is 6.79. The van der Waals surface area contributed by atoms with Gasteiger partial charge in [0, 0.05) is 17.8 Å². The summed E-state index contributed by atoms with van der Waals surface area (Å²) in [6.07, 6.45) is 1.73. The standard InChI is InChI=1S/C23H17ClN8O2/c1-2-16-7-6-8-18(15-16)25-22-26-21(24)27-23(28-22)31(19-9-4-3-5-10-19)30-29-17-11-13-20(14-12-17)32(33)34/h2-15H,1H2,(H,25,26,27,28). The summed E-state index contributed by atoms with van der Waals surface area (Å²) in [5.41, 5.74) is 2.65. The lowest BCUT2D eigenvalue weighted by Gasteiger charge is -2.16. The minimum Gasteiger partial charge on any atom is -0.324 e. The highest BCUT2D eigenvalue weighted by Crippen LogP contribution is 2.27. The molecule has 0 fully saturated rings. The van der Waals surface area contributed by atoms with Crippen molar-refractivity contribution in [3.8, 4) is 0 Å². The lowest BCUT2D eigenvalue weighted by molar-refractivity contribution is -0.384. The van der Waals surface area contributed by atoms with E-state index in [2.05, 4.69) is 37.2 Å². The smallest absolute Gasteiger partial charge is 0.269 e. The minimum absolute atomic E-state index is 0.0423. The molecule has 1 N–H and O–H groups in total. The van der Waals surface area contributed by atoms with Gasteiger partial charge in [-0.15, -0.1) is 5.11 Å². The molecular formula is C23H17ClN8O2. The van der Waals surface area contributed by atoms with Crippen molar-refractivity contribution in [2.75, 3.05) is 10.3 Å². The summed E-state index contributed by atoms with van der Waals surface area (Å²) in [7, 11) is 0. The third kappa shape index (κ3) is 5.56. The van der Waals surface area contributed by atoms with Crippen molar-refractivity contribution in [2.24, 2.45) is 10.3 Å². The van der Waals surface area contributed by atoms with Crippen LogP contribution in [0.4, 0.5) is 34.6 Å². The van der Waals surface area contributed by atoms with Crippen LogP contribution in [0.1, 0.15) is 5.56 Å². The first-order chi connectivity index (χ1) is 16.5. The van der Waals surface area contributed by atoms with Crippen LogP contribution in [0.3, 0.4) is 0 Å². The van der Waals surface area contributed by atoms with Gasteiger partial charge in [0.05, 0.1) is 16.3 Å². The number of halogens is 1. The number of hydrogen-bond donors (Lipinski definition) is 1. The average molecular weight is 473 g/mol. The van der Waals surface area contributed by atoms with Crippen molar-refractivity contribution in [1.29, 1.82) is 0 Å². The molecule has 0 unspecified atom stereocenters. The number of benzene rings is 3. The van der Waals surface area contributed by atoms with Crippen molar-refractivity contribution >= 4 is 52.3 Å². The third-order valence-electron chi connectivity index (χ3n) is 4.48. The number of hydrogen-bond acceptors (Lipinski definition) is 8. The molecule has 1 heterocycles. The highest BCUT2D eigenvalue weighted by molar-refractivity contribution is 6.28. The molecule has 1 aromatic heterocycles. The fourth-order valence-corrected chi connectivity index (χ4v) is 3.03. The molecule has 168 valence electrons. The molecule has 11 heteroatoms. The van der Waals surface area contributed by atoms with E-state index in [0.717, 1.165) is 11.3 Å². The van der Waals surface area contributed by atoms with Gasteiger partial charge in [-0.3, -0.25) is 10.1 Å². The maximum atomic E-state index is 10.9. The Morgan fingerprint density at radius 1 is 1.00 bits per heavy atom. The molecule has 4 rings (SSSR count). The Hall–Kier alpha value is -4.70. The minimum atomic E-state index is -0.483. The van der Waals surface area contributed by atoms with Gasteiger partial charge < -0.3 is 5.32 Å². The molecule has 0 atom stereocenters. The maximum Gasteiger partial charge on any atom is 0.269 e. The van der Waals surface area contributed by atoms with E-state index < -0.39 is 4.92 Å². The van der Waals surface area contributed by atoms with Gasteiger partial charge in [0.2, 0.25) is 11.2 Å². The predicted octanol–water partition coefficient (Wildman–Crippen LogP) is 6.66. The normalized spacial score (nSPS) is 10.7. The van der Waals surface area contributed by atoms with E-state index in [1.807, 2.05) is 42.5 Å². The van der Waals surface area contributed by atoms with Crippen molar-refractivity contribution in [1.82, 2.24) is 15.0 Å². The van der Waals surface area contributed by atoms with Crippen molar-refractivity contribution in [3.05, 3.63) is 106 Å².